The van der Waals surface area contributed by atoms with E-state index in [2.05, 4.69) is 41.5 Å². The van der Waals surface area contributed by atoms with Crippen molar-refractivity contribution in [2.45, 2.75) is 23.8 Å². The van der Waals surface area contributed by atoms with Gasteiger partial charge in [-0.05, 0) is 77.0 Å². The van der Waals surface area contributed by atoms with Gasteiger partial charge in [0.05, 0.1) is 0 Å². The summed E-state index contributed by atoms with van der Waals surface area (Å²) in [6.07, 6.45) is 1.64. The number of anilines is 1. The lowest BCUT2D eigenvalue weighted by molar-refractivity contribution is 0.248. The molecule has 0 aromatic heterocycles. The van der Waals surface area contributed by atoms with Crippen LogP contribution in [0.1, 0.15) is 12.8 Å². The van der Waals surface area contributed by atoms with E-state index in [0.29, 0.717) is 14.6 Å². The molecule has 20 heavy (non-hydrogen) atoms. The lowest BCUT2D eigenvalue weighted by Gasteiger charge is -2.29. The van der Waals surface area contributed by atoms with Gasteiger partial charge in [0.2, 0.25) is 10.0 Å². The first-order valence-electron chi connectivity index (χ1n) is 6.25. The van der Waals surface area contributed by atoms with Crippen molar-refractivity contribution in [1.82, 2.24) is 9.62 Å². The number of hydrogen-bond acceptors (Lipinski definition) is 4. The Hall–Kier alpha value is -0.150. The second kappa shape index (κ2) is 6.31. The Balaban J connectivity index is 2.23. The first kappa shape index (κ1) is 16.2. The Labute approximate surface area is 136 Å². The van der Waals surface area contributed by atoms with Crippen molar-refractivity contribution >= 4 is 47.6 Å². The number of benzene rings is 1. The van der Waals surface area contributed by atoms with Crippen LogP contribution in [-0.2, 0) is 10.0 Å². The van der Waals surface area contributed by atoms with E-state index in [1.54, 1.807) is 12.1 Å². The number of nitrogens with one attached hydrogen (secondary N) is 1. The number of nitrogen functional groups attached to an aromatic ring is 1. The van der Waals surface area contributed by atoms with Crippen LogP contribution in [0.25, 0.3) is 0 Å². The summed E-state index contributed by atoms with van der Waals surface area (Å²) in [5, 5.41) is 0. The summed E-state index contributed by atoms with van der Waals surface area (Å²) in [5.41, 5.74) is 6.19. The Kier molecular flexibility index (Phi) is 5.12. The van der Waals surface area contributed by atoms with Gasteiger partial charge in [0.15, 0.2) is 0 Å². The van der Waals surface area contributed by atoms with Crippen LogP contribution in [0.5, 0.6) is 0 Å². The fourth-order valence-corrected chi connectivity index (χ4v) is 6.17. The topological polar surface area (TPSA) is 75.4 Å². The number of sulfonamides is 1. The molecule has 0 aliphatic carbocycles. The molecule has 1 aliphatic heterocycles. The summed E-state index contributed by atoms with van der Waals surface area (Å²) in [5.74, 6) is 0. The van der Waals surface area contributed by atoms with Crippen molar-refractivity contribution in [2.24, 2.45) is 0 Å². The minimum atomic E-state index is -3.57. The van der Waals surface area contributed by atoms with E-state index in [9.17, 15) is 8.42 Å². The molecule has 3 N–H and O–H groups in total. The van der Waals surface area contributed by atoms with Gasteiger partial charge < -0.3 is 10.6 Å². The molecule has 1 fully saturated rings. The largest absolute Gasteiger partial charge is 0.399 e. The van der Waals surface area contributed by atoms with Gasteiger partial charge in [0.1, 0.15) is 4.90 Å². The standard InChI is InChI=1S/C12H17Br2N3O2S/c1-17-4-2-9(3-5-17)16-20(18,19)12-10(13)6-8(15)7-11(12)14/h6-7,9,16H,2-5,15H2,1H3. The zero-order valence-electron chi connectivity index (χ0n) is 11.1. The molecule has 0 amide bonds. The van der Waals surface area contributed by atoms with Crippen LogP contribution in [0, 0.1) is 0 Å². The minimum Gasteiger partial charge on any atom is -0.399 e. The number of likely N-dealkylation sites (tertiary alicyclic amines) is 1. The molecular formula is C12H17Br2N3O2S. The van der Waals surface area contributed by atoms with Gasteiger partial charge in [-0.2, -0.15) is 0 Å². The predicted molar refractivity (Wildman–Crippen MR) is 87.1 cm³/mol. The zero-order chi connectivity index (χ0) is 14.9. The highest BCUT2D eigenvalue weighted by Gasteiger charge is 2.26. The third-order valence-electron chi connectivity index (χ3n) is 3.33. The van der Waals surface area contributed by atoms with Gasteiger partial charge in [-0.3, -0.25) is 0 Å². The molecule has 0 bridgehead atoms. The summed E-state index contributed by atoms with van der Waals surface area (Å²) in [6, 6.07) is 3.16. The number of nitrogens with zero attached hydrogens (tertiary/aromatic N) is 1. The summed E-state index contributed by atoms with van der Waals surface area (Å²) in [6.45, 7) is 1.80. The van der Waals surface area contributed by atoms with E-state index in [0.717, 1.165) is 25.9 Å². The minimum absolute atomic E-state index is 0.0208. The highest BCUT2D eigenvalue weighted by Crippen LogP contribution is 2.32. The predicted octanol–water partition coefficient (Wildman–Crippen LogP) is 2.17. The van der Waals surface area contributed by atoms with Crippen LogP contribution in [-0.4, -0.2) is 39.5 Å². The van der Waals surface area contributed by atoms with E-state index in [-0.39, 0.29) is 10.9 Å². The maximum Gasteiger partial charge on any atom is 0.243 e. The number of piperidine rings is 1. The van der Waals surface area contributed by atoms with E-state index >= 15 is 0 Å². The zero-order valence-corrected chi connectivity index (χ0v) is 15.1. The quantitative estimate of drug-likeness (QED) is 0.726. The fraction of sp³-hybridized carbons (Fsp3) is 0.500. The Bertz CT molecular complexity index is 576. The molecule has 1 saturated heterocycles. The third-order valence-corrected chi connectivity index (χ3v) is 6.73. The number of nitrogens with two attached hydrogens (primary N) is 1. The van der Waals surface area contributed by atoms with Crippen molar-refractivity contribution in [3.8, 4) is 0 Å². The second-order valence-electron chi connectivity index (χ2n) is 5.01. The lowest BCUT2D eigenvalue weighted by Crippen LogP contribution is -2.43. The highest BCUT2D eigenvalue weighted by atomic mass is 79.9. The van der Waals surface area contributed by atoms with Crippen molar-refractivity contribution in [2.75, 3.05) is 25.9 Å². The molecule has 2 rings (SSSR count). The summed E-state index contributed by atoms with van der Waals surface area (Å²) in [7, 11) is -1.53. The normalized spacial score (nSPS) is 18.4. The maximum atomic E-state index is 12.5. The molecule has 0 spiro atoms. The highest BCUT2D eigenvalue weighted by molar-refractivity contribution is 9.11. The molecule has 1 aliphatic rings. The lowest BCUT2D eigenvalue weighted by atomic mass is 10.1. The monoisotopic (exact) mass is 425 g/mol. The van der Waals surface area contributed by atoms with Crippen molar-refractivity contribution in [1.29, 1.82) is 0 Å². The molecule has 5 nitrogen and oxygen atoms in total. The molecule has 8 heteroatoms. The first-order chi connectivity index (χ1) is 9.29. The van der Waals surface area contributed by atoms with Crippen LogP contribution < -0.4 is 10.5 Å². The van der Waals surface area contributed by atoms with E-state index in [1.165, 1.54) is 0 Å². The molecule has 112 valence electrons. The van der Waals surface area contributed by atoms with Crippen LogP contribution in [0.2, 0.25) is 0 Å². The molecule has 1 aromatic carbocycles. The van der Waals surface area contributed by atoms with Gasteiger partial charge in [-0.15, -0.1) is 0 Å². The molecule has 1 aromatic rings. The summed E-state index contributed by atoms with van der Waals surface area (Å²) in [4.78, 5) is 2.39. The Morgan fingerprint density at radius 1 is 1.25 bits per heavy atom. The van der Waals surface area contributed by atoms with Crippen LogP contribution in [0.3, 0.4) is 0 Å². The van der Waals surface area contributed by atoms with Crippen LogP contribution in [0.15, 0.2) is 26.0 Å². The molecule has 0 atom stereocenters. The average Bonchev–Trinajstić information content (AvgIpc) is 2.30. The van der Waals surface area contributed by atoms with Crippen LogP contribution >= 0.6 is 31.9 Å². The molecule has 0 radical (unpaired) electrons. The van der Waals surface area contributed by atoms with Gasteiger partial charge in [-0.25, -0.2) is 13.1 Å². The van der Waals surface area contributed by atoms with Gasteiger partial charge in [0.25, 0.3) is 0 Å². The van der Waals surface area contributed by atoms with Crippen molar-refractivity contribution in [3.63, 3.8) is 0 Å². The molecule has 0 saturated carbocycles. The third kappa shape index (κ3) is 3.73. The van der Waals surface area contributed by atoms with Gasteiger partial charge in [-0.1, -0.05) is 0 Å². The van der Waals surface area contributed by atoms with Gasteiger partial charge in [0, 0.05) is 20.7 Å². The van der Waals surface area contributed by atoms with E-state index in [4.69, 9.17) is 5.73 Å². The first-order valence-corrected chi connectivity index (χ1v) is 9.32. The molecule has 1 heterocycles. The smallest absolute Gasteiger partial charge is 0.243 e. The SMILES string of the molecule is CN1CCC(NS(=O)(=O)c2c(Br)cc(N)cc2Br)CC1. The number of rotatable bonds is 3. The van der Waals surface area contributed by atoms with E-state index in [1.807, 2.05) is 7.05 Å². The average molecular weight is 427 g/mol. The van der Waals surface area contributed by atoms with E-state index < -0.39 is 10.0 Å². The number of hydrogen-bond donors (Lipinski definition) is 2. The second-order valence-corrected chi connectivity index (χ2v) is 8.37. The van der Waals surface area contributed by atoms with Crippen molar-refractivity contribution < 1.29 is 8.42 Å². The maximum absolute atomic E-state index is 12.5. The molecular weight excluding hydrogens is 410 g/mol. The summed E-state index contributed by atoms with van der Waals surface area (Å²) >= 11 is 6.54. The van der Waals surface area contributed by atoms with Gasteiger partial charge >= 0.3 is 0 Å². The Morgan fingerprint density at radius 2 is 1.75 bits per heavy atom. The number of halogens is 2. The Morgan fingerprint density at radius 3 is 2.25 bits per heavy atom. The van der Waals surface area contributed by atoms with Crippen molar-refractivity contribution in [3.05, 3.63) is 21.1 Å². The fourth-order valence-electron chi connectivity index (χ4n) is 2.24. The molecule has 0 unspecified atom stereocenters. The van der Waals surface area contributed by atoms with Crippen LogP contribution in [0.4, 0.5) is 5.69 Å². The summed E-state index contributed by atoms with van der Waals surface area (Å²) < 4.78 is 28.7.